The summed E-state index contributed by atoms with van der Waals surface area (Å²) in [6.07, 6.45) is 3.40. The molecule has 4 rings (SSSR count). The Morgan fingerprint density at radius 2 is 2.21 bits per heavy atom. The second kappa shape index (κ2) is 6.12. The number of nitrogens with zero attached hydrogens (tertiary/aromatic N) is 2. The quantitative estimate of drug-likeness (QED) is 0.661. The standard InChI is InChI=1S/C16H14N2O4S2/c19-16-13(6-15-17-3-4-23-15)12-5-11(24(20)21)1-2-14(12)18(16)7-10-8-22-9-10/h1-6,10,24H,7-9H2/b13-6+. The molecule has 1 aromatic heterocycles. The molecule has 1 aromatic carbocycles. The van der Waals surface area contributed by atoms with Crippen LogP contribution in [-0.2, 0) is 20.2 Å². The Morgan fingerprint density at radius 3 is 2.83 bits per heavy atom. The van der Waals surface area contributed by atoms with Crippen LogP contribution >= 0.6 is 11.3 Å². The third kappa shape index (κ3) is 2.66. The number of thiazole rings is 1. The largest absolute Gasteiger partial charge is 0.381 e. The van der Waals surface area contributed by atoms with E-state index in [4.69, 9.17) is 4.74 Å². The summed E-state index contributed by atoms with van der Waals surface area (Å²) in [5.74, 6) is 0.196. The van der Waals surface area contributed by atoms with Crippen LogP contribution in [-0.4, -0.2) is 39.1 Å². The minimum absolute atomic E-state index is 0.120. The Balaban J connectivity index is 1.80. The highest BCUT2D eigenvalue weighted by Crippen LogP contribution is 2.39. The second-order valence-corrected chi connectivity index (χ2v) is 7.66. The average Bonchev–Trinajstić information content (AvgIpc) is 3.12. The van der Waals surface area contributed by atoms with Gasteiger partial charge in [-0.15, -0.1) is 11.3 Å². The minimum Gasteiger partial charge on any atom is -0.381 e. The molecule has 8 heteroatoms. The van der Waals surface area contributed by atoms with Gasteiger partial charge in [-0.2, -0.15) is 0 Å². The number of benzene rings is 1. The number of carbonyl (C=O) groups is 1. The number of hydrogen-bond acceptors (Lipinski definition) is 6. The number of aromatic nitrogens is 1. The van der Waals surface area contributed by atoms with E-state index >= 15 is 0 Å². The van der Waals surface area contributed by atoms with Gasteiger partial charge in [-0.1, -0.05) is 0 Å². The van der Waals surface area contributed by atoms with Crippen molar-refractivity contribution < 1.29 is 17.9 Å². The molecule has 2 aliphatic heterocycles. The molecule has 1 saturated heterocycles. The van der Waals surface area contributed by atoms with Gasteiger partial charge in [0.1, 0.15) is 5.01 Å². The van der Waals surface area contributed by atoms with E-state index in [0.29, 0.717) is 36.8 Å². The van der Waals surface area contributed by atoms with Crippen molar-refractivity contribution in [1.29, 1.82) is 0 Å². The van der Waals surface area contributed by atoms with E-state index in [1.165, 1.54) is 17.4 Å². The smallest absolute Gasteiger partial charge is 0.259 e. The first-order valence-corrected chi connectivity index (χ1v) is 9.49. The first-order valence-electron chi connectivity index (χ1n) is 7.43. The molecular formula is C16H14N2O4S2. The summed E-state index contributed by atoms with van der Waals surface area (Å²) in [5, 5.41) is 2.55. The number of rotatable bonds is 4. The molecule has 1 fully saturated rings. The molecule has 2 aromatic rings. The van der Waals surface area contributed by atoms with Crippen molar-refractivity contribution in [1.82, 2.24) is 4.98 Å². The van der Waals surface area contributed by atoms with Crippen LogP contribution in [0.1, 0.15) is 10.6 Å². The van der Waals surface area contributed by atoms with Crippen molar-refractivity contribution in [3.05, 3.63) is 40.3 Å². The molecule has 0 radical (unpaired) electrons. The Bertz CT molecular complexity index is 891. The highest BCUT2D eigenvalue weighted by molar-refractivity contribution is 7.72. The average molecular weight is 362 g/mol. The van der Waals surface area contributed by atoms with Gasteiger partial charge in [0.2, 0.25) is 0 Å². The third-order valence-electron chi connectivity index (χ3n) is 4.11. The molecule has 0 N–H and O–H groups in total. The van der Waals surface area contributed by atoms with Crippen LogP contribution in [0.25, 0.3) is 11.6 Å². The normalized spacial score (nSPS) is 19.1. The number of ether oxygens (including phenoxy) is 1. The van der Waals surface area contributed by atoms with Gasteiger partial charge in [-0.3, -0.25) is 4.79 Å². The maximum Gasteiger partial charge on any atom is 0.259 e. The molecule has 1 amide bonds. The molecule has 0 spiro atoms. The lowest BCUT2D eigenvalue weighted by molar-refractivity contribution is -0.113. The van der Waals surface area contributed by atoms with Gasteiger partial charge in [0, 0.05) is 29.6 Å². The lowest BCUT2D eigenvalue weighted by Gasteiger charge is -2.30. The van der Waals surface area contributed by atoms with E-state index < -0.39 is 10.7 Å². The van der Waals surface area contributed by atoms with Gasteiger partial charge in [-0.25, -0.2) is 13.4 Å². The molecule has 0 unspecified atom stereocenters. The zero-order valence-electron chi connectivity index (χ0n) is 12.5. The Kier molecular flexibility index (Phi) is 3.95. The van der Waals surface area contributed by atoms with Crippen LogP contribution in [0.3, 0.4) is 0 Å². The Labute approximate surface area is 144 Å². The number of thiol groups is 1. The van der Waals surface area contributed by atoms with Crippen molar-refractivity contribution >= 4 is 45.3 Å². The predicted octanol–water partition coefficient (Wildman–Crippen LogP) is 1.65. The van der Waals surface area contributed by atoms with Gasteiger partial charge < -0.3 is 9.64 Å². The maximum atomic E-state index is 12.9. The summed E-state index contributed by atoms with van der Waals surface area (Å²) in [6.45, 7) is 1.87. The molecule has 3 heterocycles. The summed E-state index contributed by atoms with van der Waals surface area (Å²) in [4.78, 5) is 19.0. The molecule has 0 saturated carbocycles. The number of hydrogen-bond donors (Lipinski definition) is 1. The minimum atomic E-state index is -2.70. The molecule has 124 valence electrons. The van der Waals surface area contributed by atoms with Crippen molar-refractivity contribution in [2.45, 2.75) is 4.90 Å². The van der Waals surface area contributed by atoms with Crippen LogP contribution in [0.2, 0.25) is 0 Å². The maximum absolute atomic E-state index is 12.9. The van der Waals surface area contributed by atoms with Gasteiger partial charge >= 0.3 is 0 Å². The van der Waals surface area contributed by atoms with Gasteiger partial charge in [0.15, 0.2) is 10.7 Å². The van der Waals surface area contributed by atoms with Crippen LogP contribution in [0.5, 0.6) is 0 Å². The third-order valence-corrected chi connectivity index (χ3v) is 5.54. The summed E-state index contributed by atoms with van der Waals surface area (Å²) < 4.78 is 27.8. The molecule has 0 bridgehead atoms. The predicted molar refractivity (Wildman–Crippen MR) is 91.7 cm³/mol. The highest BCUT2D eigenvalue weighted by atomic mass is 32.2. The zero-order valence-corrected chi connectivity index (χ0v) is 14.3. The molecule has 24 heavy (non-hydrogen) atoms. The number of amides is 1. The van der Waals surface area contributed by atoms with E-state index in [9.17, 15) is 13.2 Å². The summed E-state index contributed by atoms with van der Waals surface area (Å²) in [7, 11) is -2.70. The fourth-order valence-corrected chi connectivity index (χ4v) is 3.86. The van der Waals surface area contributed by atoms with Crippen LogP contribution < -0.4 is 4.90 Å². The Hall–Kier alpha value is -2.03. The van der Waals surface area contributed by atoms with E-state index in [1.807, 2.05) is 5.38 Å². The van der Waals surface area contributed by atoms with Crippen LogP contribution in [0, 0.1) is 5.92 Å². The second-order valence-electron chi connectivity index (χ2n) is 5.71. The fourth-order valence-electron chi connectivity index (χ4n) is 2.86. The van der Waals surface area contributed by atoms with Crippen molar-refractivity contribution in [2.24, 2.45) is 5.92 Å². The van der Waals surface area contributed by atoms with E-state index in [2.05, 4.69) is 4.98 Å². The van der Waals surface area contributed by atoms with E-state index in [-0.39, 0.29) is 10.8 Å². The molecule has 0 atom stereocenters. The molecule has 0 aliphatic carbocycles. The number of carbonyl (C=O) groups excluding carboxylic acids is 1. The summed E-state index contributed by atoms with van der Waals surface area (Å²) in [6, 6.07) is 4.81. The first kappa shape index (κ1) is 15.5. The fraction of sp³-hybridized carbons (Fsp3) is 0.250. The lowest BCUT2D eigenvalue weighted by atomic mass is 10.1. The van der Waals surface area contributed by atoms with Crippen molar-refractivity contribution in [3.63, 3.8) is 0 Å². The SMILES string of the molecule is O=C1/C(=C/c2nccs2)c2cc([SH](=O)=O)ccc2N1CC1COC1. The Morgan fingerprint density at radius 1 is 1.38 bits per heavy atom. The zero-order chi connectivity index (χ0) is 16.7. The van der Waals surface area contributed by atoms with Crippen LogP contribution in [0.15, 0.2) is 34.7 Å². The summed E-state index contributed by atoms with van der Waals surface area (Å²) in [5.41, 5.74) is 1.88. The highest BCUT2D eigenvalue weighted by Gasteiger charge is 2.35. The topological polar surface area (TPSA) is 76.6 Å². The monoisotopic (exact) mass is 362 g/mol. The first-order chi connectivity index (χ1) is 11.6. The molecule has 6 nitrogen and oxygen atoms in total. The van der Waals surface area contributed by atoms with Crippen molar-refractivity contribution in [2.75, 3.05) is 24.7 Å². The lowest BCUT2D eigenvalue weighted by Crippen LogP contribution is -2.40. The molecular weight excluding hydrogens is 348 g/mol. The van der Waals surface area contributed by atoms with E-state index in [1.54, 1.807) is 29.3 Å². The number of anilines is 1. The van der Waals surface area contributed by atoms with E-state index in [0.717, 1.165) is 10.7 Å². The van der Waals surface area contributed by atoms with Gasteiger partial charge in [0.05, 0.1) is 29.4 Å². The van der Waals surface area contributed by atoms with Gasteiger partial charge in [0.25, 0.3) is 5.91 Å². The van der Waals surface area contributed by atoms with Crippen molar-refractivity contribution in [3.8, 4) is 0 Å². The molecule has 2 aliphatic rings. The van der Waals surface area contributed by atoms with Gasteiger partial charge in [-0.05, 0) is 24.3 Å². The summed E-state index contributed by atoms with van der Waals surface area (Å²) >= 11 is 1.43. The number of fused-ring (bicyclic) bond motifs is 1. The van der Waals surface area contributed by atoms with Crippen LogP contribution in [0.4, 0.5) is 5.69 Å².